The molecule has 0 bridgehead atoms. The first-order valence-electron chi connectivity index (χ1n) is 7.44. The molecular weight excluding hydrogens is 268 g/mol. The molecule has 0 atom stereocenters. The van der Waals surface area contributed by atoms with Gasteiger partial charge < -0.3 is 0 Å². The monoisotopic (exact) mass is 286 g/mol. The number of benzene rings is 1. The number of hydrogen-bond donors (Lipinski definition) is 0. The maximum absolute atomic E-state index is 4.04. The van der Waals surface area contributed by atoms with Crippen LogP contribution in [0.25, 0.3) is 12.2 Å². The smallest absolute Gasteiger partial charge is 0.0270 e. The van der Waals surface area contributed by atoms with Crippen molar-refractivity contribution < 1.29 is 0 Å². The molecule has 3 rings (SSSR count). The first-order chi connectivity index (χ1) is 10.9. The molecule has 0 aliphatic heterocycles. The largest absolute Gasteiger partial charge is 0.265 e. The fraction of sp³-hybridized carbons (Fsp3) is 0.100. The van der Waals surface area contributed by atoms with Crippen LogP contribution >= 0.6 is 0 Å². The molecule has 0 aliphatic rings. The molecule has 0 fully saturated rings. The van der Waals surface area contributed by atoms with E-state index in [-0.39, 0.29) is 0 Å². The van der Waals surface area contributed by atoms with Gasteiger partial charge in [-0.1, -0.05) is 36.4 Å². The summed E-state index contributed by atoms with van der Waals surface area (Å²) in [5, 5.41) is 2.50. The Labute approximate surface area is 130 Å². The van der Waals surface area contributed by atoms with Gasteiger partial charge in [0.05, 0.1) is 0 Å². The van der Waals surface area contributed by atoms with Crippen LogP contribution in [0, 0.1) is 0 Å². The Balaban J connectivity index is 1.70. The summed E-state index contributed by atoms with van der Waals surface area (Å²) in [4.78, 5) is 8.07. The van der Waals surface area contributed by atoms with E-state index in [0.717, 1.165) is 12.8 Å². The third kappa shape index (κ3) is 4.13. The van der Waals surface area contributed by atoms with E-state index in [1.54, 1.807) is 0 Å². The highest BCUT2D eigenvalue weighted by Crippen LogP contribution is 1.98. The molecule has 0 unspecified atom stereocenters. The zero-order chi connectivity index (χ0) is 15.0. The standard InChI is InChI=1S/C20H18N2/c1-2-18(6-8-20-11-15-22-16-12-20)4-3-17(1)5-7-19-9-13-21-14-10-19/h1-6,9-16H,7-8H2. The molecule has 0 saturated carbocycles. The van der Waals surface area contributed by atoms with Crippen molar-refractivity contribution in [2.45, 2.75) is 12.8 Å². The lowest BCUT2D eigenvalue weighted by atomic mass is 10.1. The van der Waals surface area contributed by atoms with Gasteiger partial charge in [0, 0.05) is 24.8 Å². The average molecular weight is 286 g/mol. The summed E-state index contributed by atoms with van der Waals surface area (Å²) in [7, 11) is 0. The molecule has 0 saturated heterocycles. The van der Waals surface area contributed by atoms with Gasteiger partial charge >= 0.3 is 0 Å². The molecule has 2 heterocycles. The lowest BCUT2D eigenvalue weighted by Crippen LogP contribution is -2.07. The fourth-order valence-electron chi connectivity index (χ4n) is 2.28. The van der Waals surface area contributed by atoms with Crippen LogP contribution < -0.4 is 10.4 Å². The Hall–Kier alpha value is -2.74. The SMILES string of the molecule is C(Cc1ccncc1)=c1ccc(=CCc2ccncc2)cc1. The van der Waals surface area contributed by atoms with Crippen LogP contribution in [0.5, 0.6) is 0 Å². The summed E-state index contributed by atoms with van der Waals surface area (Å²) in [6, 6.07) is 16.9. The van der Waals surface area contributed by atoms with Crippen LogP contribution in [0.15, 0.2) is 73.3 Å². The van der Waals surface area contributed by atoms with Crippen LogP contribution in [0.4, 0.5) is 0 Å². The third-order valence-corrected chi connectivity index (χ3v) is 3.58. The van der Waals surface area contributed by atoms with E-state index in [1.165, 1.54) is 21.6 Å². The zero-order valence-electron chi connectivity index (χ0n) is 12.4. The van der Waals surface area contributed by atoms with Gasteiger partial charge in [-0.2, -0.15) is 0 Å². The fourth-order valence-corrected chi connectivity index (χ4v) is 2.28. The van der Waals surface area contributed by atoms with Crippen LogP contribution in [-0.2, 0) is 12.8 Å². The van der Waals surface area contributed by atoms with Gasteiger partial charge in [-0.3, -0.25) is 9.97 Å². The molecule has 22 heavy (non-hydrogen) atoms. The van der Waals surface area contributed by atoms with Crippen molar-refractivity contribution in [1.29, 1.82) is 0 Å². The average Bonchev–Trinajstić information content (AvgIpc) is 2.61. The molecule has 0 spiro atoms. The van der Waals surface area contributed by atoms with E-state index in [1.807, 2.05) is 49.1 Å². The van der Waals surface area contributed by atoms with Crippen LogP contribution in [-0.4, -0.2) is 9.97 Å². The first kappa shape index (κ1) is 14.2. The Kier molecular flexibility index (Phi) is 4.73. The maximum atomic E-state index is 4.04. The van der Waals surface area contributed by atoms with E-state index < -0.39 is 0 Å². The minimum Gasteiger partial charge on any atom is -0.265 e. The van der Waals surface area contributed by atoms with Gasteiger partial charge in [-0.25, -0.2) is 0 Å². The Morgan fingerprint density at radius 3 is 1.27 bits per heavy atom. The topological polar surface area (TPSA) is 25.8 Å². The van der Waals surface area contributed by atoms with Crippen molar-refractivity contribution in [3.8, 4) is 0 Å². The lowest BCUT2D eigenvalue weighted by molar-refractivity contribution is 1.24. The summed E-state index contributed by atoms with van der Waals surface area (Å²) in [6.45, 7) is 0. The molecular formula is C20H18N2. The molecule has 3 aromatic rings. The minimum atomic E-state index is 0.933. The van der Waals surface area contributed by atoms with Crippen LogP contribution in [0.3, 0.4) is 0 Å². The minimum absolute atomic E-state index is 0.933. The summed E-state index contributed by atoms with van der Waals surface area (Å²) in [6.07, 6.45) is 13.7. The second kappa shape index (κ2) is 7.32. The molecule has 108 valence electrons. The molecule has 2 nitrogen and oxygen atoms in total. The normalized spacial score (nSPS) is 10.2. The van der Waals surface area contributed by atoms with Gasteiger partial charge in [0.25, 0.3) is 0 Å². The highest BCUT2D eigenvalue weighted by molar-refractivity contribution is 5.35. The van der Waals surface area contributed by atoms with Crippen molar-refractivity contribution in [2.75, 3.05) is 0 Å². The van der Waals surface area contributed by atoms with Gasteiger partial charge in [-0.15, -0.1) is 0 Å². The number of aromatic nitrogens is 2. The Morgan fingerprint density at radius 1 is 0.545 bits per heavy atom. The first-order valence-corrected chi connectivity index (χ1v) is 7.44. The molecule has 0 N–H and O–H groups in total. The maximum Gasteiger partial charge on any atom is 0.0270 e. The summed E-state index contributed by atoms with van der Waals surface area (Å²) in [5.41, 5.74) is 2.56. The molecule has 2 aromatic heterocycles. The highest BCUT2D eigenvalue weighted by atomic mass is 14.6. The van der Waals surface area contributed by atoms with Crippen molar-refractivity contribution in [3.05, 3.63) is 94.9 Å². The number of rotatable bonds is 4. The van der Waals surface area contributed by atoms with E-state index in [2.05, 4.69) is 46.4 Å². The Morgan fingerprint density at radius 2 is 0.909 bits per heavy atom. The van der Waals surface area contributed by atoms with E-state index in [4.69, 9.17) is 0 Å². The van der Waals surface area contributed by atoms with Crippen LogP contribution in [0.1, 0.15) is 11.1 Å². The van der Waals surface area contributed by atoms with E-state index >= 15 is 0 Å². The summed E-state index contributed by atoms with van der Waals surface area (Å²) >= 11 is 0. The summed E-state index contributed by atoms with van der Waals surface area (Å²) in [5.74, 6) is 0. The van der Waals surface area contributed by atoms with Crippen LogP contribution in [0.2, 0.25) is 0 Å². The predicted octanol–water partition coefficient (Wildman–Crippen LogP) is 2.52. The van der Waals surface area contributed by atoms with Crippen molar-refractivity contribution in [1.82, 2.24) is 9.97 Å². The van der Waals surface area contributed by atoms with Gasteiger partial charge in [-0.05, 0) is 58.7 Å². The van der Waals surface area contributed by atoms with Gasteiger partial charge in [0.1, 0.15) is 0 Å². The van der Waals surface area contributed by atoms with E-state index in [0.29, 0.717) is 0 Å². The summed E-state index contributed by atoms with van der Waals surface area (Å²) < 4.78 is 0. The molecule has 0 radical (unpaired) electrons. The number of hydrogen-bond acceptors (Lipinski definition) is 2. The molecule has 0 amide bonds. The van der Waals surface area contributed by atoms with Crippen molar-refractivity contribution in [2.24, 2.45) is 0 Å². The second-order valence-electron chi connectivity index (χ2n) is 5.19. The van der Waals surface area contributed by atoms with Crippen molar-refractivity contribution in [3.63, 3.8) is 0 Å². The third-order valence-electron chi connectivity index (χ3n) is 3.58. The number of nitrogens with zero attached hydrogens (tertiary/aromatic N) is 2. The Bertz CT molecular complexity index is 729. The lowest BCUT2D eigenvalue weighted by Gasteiger charge is -1.95. The van der Waals surface area contributed by atoms with Gasteiger partial charge in [0.2, 0.25) is 0 Å². The molecule has 1 aromatic carbocycles. The second-order valence-corrected chi connectivity index (χ2v) is 5.19. The quantitative estimate of drug-likeness (QED) is 0.736. The molecule has 0 aliphatic carbocycles. The van der Waals surface area contributed by atoms with Crippen molar-refractivity contribution >= 4 is 12.2 Å². The highest BCUT2D eigenvalue weighted by Gasteiger charge is 1.89. The zero-order valence-corrected chi connectivity index (χ0v) is 12.4. The van der Waals surface area contributed by atoms with Gasteiger partial charge in [0.15, 0.2) is 0 Å². The van der Waals surface area contributed by atoms with E-state index in [9.17, 15) is 0 Å². The molecule has 2 heteroatoms. The predicted molar refractivity (Wildman–Crippen MR) is 90.5 cm³/mol. The number of pyridine rings is 2.